The zero-order valence-electron chi connectivity index (χ0n) is 16.3. The third-order valence-electron chi connectivity index (χ3n) is 5.46. The van der Waals surface area contributed by atoms with Crippen LogP contribution in [-0.4, -0.2) is 33.2 Å². The maximum absolute atomic E-state index is 12.9. The molecule has 1 amide bonds. The van der Waals surface area contributed by atoms with E-state index in [4.69, 9.17) is 16.3 Å². The molecule has 1 aliphatic heterocycles. The molecule has 0 unspecified atom stereocenters. The summed E-state index contributed by atoms with van der Waals surface area (Å²) in [6.45, 7) is 1.81. The minimum Gasteiger partial charge on any atom is -0.476 e. The van der Waals surface area contributed by atoms with E-state index in [1.807, 2.05) is 13.0 Å². The maximum Gasteiger partial charge on any atom is 0.263 e. The van der Waals surface area contributed by atoms with Crippen LogP contribution in [0.15, 0.2) is 36.4 Å². The van der Waals surface area contributed by atoms with Gasteiger partial charge in [-0.15, -0.1) is 0 Å². The van der Waals surface area contributed by atoms with Gasteiger partial charge in [0.25, 0.3) is 5.91 Å². The Morgan fingerprint density at radius 3 is 2.72 bits per heavy atom. The van der Waals surface area contributed by atoms with E-state index in [9.17, 15) is 13.2 Å². The van der Waals surface area contributed by atoms with Crippen LogP contribution in [0.4, 0.5) is 5.69 Å². The van der Waals surface area contributed by atoms with Gasteiger partial charge in [0.15, 0.2) is 6.10 Å². The van der Waals surface area contributed by atoms with Crippen molar-refractivity contribution in [2.45, 2.75) is 38.3 Å². The molecule has 2 aliphatic rings. The Hall–Kier alpha value is -2.25. The number of aryl methyl sites for hydroxylation is 2. The van der Waals surface area contributed by atoms with Crippen molar-refractivity contribution in [3.63, 3.8) is 0 Å². The predicted molar refractivity (Wildman–Crippen MR) is 113 cm³/mol. The number of rotatable bonds is 4. The van der Waals surface area contributed by atoms with E-state index >= 15 is 0 Å². The van der Waals surface area contributed by atoms with E-state index in [1.165, 1.54) is 27.9 Å². The number of carbonyl (C=O) groups excluding carboxylic acids is 1. The lowest BCUT2D eigenvalue weighted by atomic mass is 10.0. The van der Waals surface area contributed by atoms with Crippen molar-refractivity contribution in [1.29, 1.82) is 0 Å². The third-order valence-corrected chi connectivity index (χ3v) is 6.85. The predicted octanol–water partition coefficient (Wildman–Crippen LogP) is 3.23. The van der Waals surface area contributed by atoms with Crippen molar-refractivity contribution in [3.05, 3.63) is 58.1 Å². The number of benzene rings is 2. The fourth-order valence-electron chi connectivity index (χ4n) is 3.93. The van der Waals surface area contributed by atoms with Crippen molar-refractivity contribution in [1.82, 2.24) is 5.32 Å². The molecule has 0 saturated heterocycles. The lowest BCUT2D eigenvalue weighted by Gasteiger charge is -2.34. The van der Waals surface area contributed by atoms with E-state index in [1.54, 1.807) is 12.1 Å². The van der Waals surface area contributed by atoms with Gasteiger partial charge in [-0.25, -0.2) is 8.42 Å². The standard InChI is InChI=1S/C21H23ClN2O4S/c1-13(15-7-6-14-4-3-5-16(14)10-15)23-21(25)20-12-24(29(2,26)27)18-11-17(22)8-9-19(18)28-20/h6-11,13,20H,3-5,12H2,1-2H3,(H,23,25)/t13-,20-/m0/s1. The Bertz CT molecular complexity index is 1070. The van der Waals surface area contributed by atoms with Crippen LogP contribution in [0.5, 0.6) is 5.75 Å². The molecule has 1 N–H and O–H groups in total. The molecule has 0 radical (unpaired) electrons. The first kappa shape index (κ1) is 20.0. The number of nitrogens with zero attached hydrogens (tertiary/aromatic N) is 1. The van der Waals surface area contributed by atoms with Gasteiger partial charge in [0.05, 0.1) is 24.5 Å². The van der Waals surface area contributed by atoms with Gasteiger partial charge >= 0.3 is 0 Å². The Labute approximate surface area is 175 Å². The van der Waals surface area contributed by atoms with E-state index in [2.05, 4.69) is 17.4 Å². The average Bonchev–Trinajstić information content (AvgIpc) is 3.14. The molecule has 29 heavy (non-hydrogen) atoms. The van der Waals surface area contributed by atoms with Crippen LogP contribution in [0, 0.1) is 0 Å². The fourth-order valence-corrected chi connectivity index (χ4v) is 5.00. The highest BCUT2D eigenvalue weighted by Gasteiger charge is 2.35. The molecular formula is C21H23ClN2O4S. The Morgan fingerprint density at radius 1 is 1.21 bits per heavy atom. The average molecular weight is 435 g/mol. The molecule has 8 heteroatoms. The minimum absolute atomic E-state index is 0.102. The Morgan fingerprint density at radius 2 is 1.97 bits per heavy atom. The van der Waals surface area contributed by atoms with E-state index < -0.39 is 16.1 Å². The molecule has 0 aromatic heterocycles. The summed E-state index contributed by atoms with van der Waals surface area (Å²) in [5.41, 5.74) is 4.09. The van der Waals surface area contributed by atoms with E-state index in [0.29, 0.717) is 16.5 Å². The number of hydrogen-bond acceptors (Lipinski definition) is 4. The first-order valence-corrected chi connectivity index (χ1v) is 11.8. The van der Waals surface area contributed by atoms with Gasteiger partial charge in [-0.05, 0) is 61.1 Å². The van der Waals surface area contributed by atoms with Crippen molar-refractivity contribution in [3.8, 4) is 5.75 Å². The molecule has 0 saturated carbocycles. The van der Waals surface area contributed by atoms with Gasteiger partial charge in [0.2, 0.25) is 10.0 Å². The molecule has 2 aromatic carbocycles. The van der Waals surface area contributed by atoms with Gasteiger partial charge < -0.3 is 10.1 Å². The third kappa shape index (κ3) is 4.07. The number of carbonyl (C=O) groups is 1. The lowest BCUT2D eigenvalue weighted by Crippen LogP contribution is -2.50. The SMILES string of the molecule is C[C@H](NC(=O)[C@@H]1CN(S(C)(=O)=O)c2cc(Cl)ccc2O1)c1ccc2c(c1)CCC2. The van der Waals surface area contributed by atoms with Crippen molar-refractivity contribution < 1.29 is 17.9 Å². The molecule has 6 nitrogen and oxygen atoms in total. The van der Waals surface area contributed by atoms with E-state index in [-0.39, 0.29) is 18.5 Å². The maximum atomic E-state index is 12.9. The molecule has 1 heterocycles. The van der Waals surface area contributed by atoms with Gasteiger partial charge in [-0.2, -0.15) is 0 Å². The quantitative estimate of drug-likeness (QED) is 0.801. The minimum atomic E-state index is -3.60. The summed E-state index contributed by atoms with van der Waals surface area (Å²) in [5.74, 6) is -0.0383. The lowest BCUT2D eigenvalue weighted by molar-refractivity contribution is -0.128. The number of ether oxygens (including phenoxy) is 1. The van der Waals surface area contributed by atoms with Gasteiger partial charge in [0.1, 0.15) is 5.75 Å². The first-order valence-electron chi connectivity index (χ1n) is 9.58. The van der Waals surface area contributed by atoms with E-state index in [0.717, 1.165) is 24.7 Å². The molecule has 154 valence electrons. The second-order valence-corrected chi connectivity index (χ2v) is 9.97. The van der Waals surface area contributed by atoms with Crippen molar-refractivity contribution in [2.24, 2.45) is 0 Å². The highest BCUT2D eigenvalue weighted by atomic mass is 35.5. The van der Waals surface area contributed by atoms with Crippen LogP contribution in [0.2, 0.25) is 5.02 Å². The highest BCUT2D eigenvalue weighted by molar-refractivity contribution is 7.92. The molecule has 0 fully saturated rings. The van der Waals surface area contributed by atoms with Gasteiger partial charge in [0, 0.05) is 5.02 Å². The van der Waals surface area contributed by atoms with Gasteiger partial charge in [-0.1, -0.05) is 29.8 Å². The first-order chi connectivity index (χ1) is 13.7. The van der Waals surface area contributed by atoms with Crippen LogP contribution < -0.4 is 14.4 Å². The zero-order chi connectivity index (χ0) is 20.8. The van der Waals surface area contributed by atoms with Crippen LogP contribution in [0.1, 0.15) is 36.1 Å². The normalized spacial score (nSPS) is 19.1. The summed E-state index contributed by atoms with van der Waals surface area (Å²) < 4.78 is 31.5. The highest BCUT2D eigenvalue weighted by Crippen LogP contribution is 2.37. The fraction of sp³-hybridized carbons (Fsp3) is 0.381. The monoisotopic (exact) mass is 434 g/mol. The number of nitrogens with one attached hydrogen (secondary N) is 1. The Kier molecular flexibility index (Phi) is 5.21. The van der Waals surface area contributed by atoms with Gasteiger partial charge in [-0.3, -0.25) is 9.10 Å². The topological polar surface area (TPSA) is 75.7 Å². The van der Waals surface area contributed by atoms with Crippen LogP contribution in [0.25, 0.3) is 0 Å². The molecule has 0 bridgehead atoms. The summed E-state index contributed by atoms with van der Waals surface area (Å²) in [4.78, 5) is 12.9. The number of anilines is 1. The molecule has 1 aliphatic carbocycles. The number of halogens is 1. The molecule has 4 rings (SSSR count). The summed E-state index contributed by atoms with van der Waals surface area (Å²) in [5, 5.41) is 3.36. The number of sulfonamides is 1. The summed E-state index contributed by atoms with van der Waals surface area (Å²) in [6, 6.07) is 10.8. The molecule has 2 atom stereocenters. The molecule has 0 spiro atoms. The molecule has 2 aromatic rings. The second-order valence-electron chi connectivity index (χ2n) is 7.62. The number of fused-ring (bicyclic) bond motifs is 2. The van der Waals surface area contributed by atoms with Crippen LogP contribution in [0.3, 0.4) is 0 Å². The van der Waals surface area contributed by atoms with Crippen LogP contribution in [-0.2, 0) is 27.7 Å². The zero-order valence-corrected chi connectivity index (χ0v) is 17.9. The smallest absolute Gasteiger partial charge is 0.263 e. The number of hydrogen-bond donors (Lipinski definition) is 1. The summed E-state index contributed by atoms with van der Waals surface area (Å²) in [7, 11) is -3.60. The summed E-state index contributed by atoms with van der Waals surface area (Å²) in [6.07, 6.45) is 3.50. The number of amides is 1. The van der Waals surface area contributed by atoms with Crippen LogP contribution >= 0.6 is 11.6 Å². The second kappa shape index (κ2) is 7.54. The molecular weight excluding hydrogens is 412 g/mol. The Balaban J connectivity index is 1.53. The summed E-state index contributed by atoms with van der Waals surface area (Å²) >= 11 is 6.01. The largest absolute Gasteiger partial charge is 0.476 e. The van der Waals surface area contributed by atoms with Crippen molar-refractivity contribution in [2.75, 3.05) is 17.1 Å². The van der Waals surface area contributed by atoms with Crippen molar-refractivity contribution >= 4 is 33.2 Å².